The Labute approximate surface area is 190 Å². The van der Waals surface area contributed by atoms with E-state index in [0.29, 0.717) is 5.89 Å². The SMILES string of the molecule is C=C(C)C1=C(C2=C(c3nc(-c4ccccc4)c(-c4ccccc4)o3)C=CCC2)CCC=C1. The largest absolute Gasteiger partial charge is 0.435 e. The number of nitrogens with zero attached hydrogens (tertiary/aromatic N) is 1. The molecule has 0 bridgehead atoms. The Kier molecular flexibility index (Phi) is 5.60. The molecule has 2 nitrogen and oxygen atoms in total. The van der Waals surface area contributed by atoms with E-state index >= 15 is 0 Å². The highest BCUT2D eigenvalue weighted by Gasteiger charge is 2.24. The summed E-state index contributed by atoms with van der Waals surface area (Å²) >= 11 is 0. The minimum atomic E-state index is 0.691. The molecule has 2 heteroatoms. The van der Waals surface area contributed by atoms with E-state index in [0.717, 1.165) is 59.4 Å². The summed E-state index contributed by atoms with van der Waals surface area (Å²) in [6.07, 6.45) is 13.0. The minimum absolute atomic E-state index is 0.691. The molecule has 2 aliphatic rings. The molecule has 0 fully saturated rings. The minimum Gasteiger partial charge on any atom is -0.435 e. The molecule has 1 heterocycles. The van der Waals surface area contributed by atoms with Crippen LogP contribution in [0.5, 0.6) is 0 Å². The quantitative estimate of drug-likeness (QED) is 0.417. The van der Waals surface area contributed by atoms with Crippen LogP contribution < -0.4 is 0 Å². The highest BCUT2D eigenvalue weighted by molar-refractivity contribution is 5.83. The molecule has 5 rings (SSSR count). The Hall–Kier alpha value is -3.65. The van der Waals surface area contributed by atoms with Gasteiger partial charge in [-0.25, -0.2) is 4.98 Å². The van der Waals surface area contributed by atoms with E-state index in [1.807, 2.05) is 36.4 Å². The molecule has 158 valence electrons. The van der Waals surface area contributed by atoms with Crippen molar-refractivity contribution in [3.8, 4) is 22.6 Å². The van der Waals surface area contributed by atoms with E-state index in [9.17, 15) is 0 Å². The summed E-state index contributed by atoms with van der Waals surface area (Å²) in [4.78, 5) is 5.06. The number of benzene rings is 2. The van der Waals surface area contributed by atoms with Gasteiger partial charge in [0.2, 0.25) is 5.89 Å². The van der Waals surface area contributed by atoms with Gasteiger partial charge in [0.15, 0.2) is 5.76 Å². The molecule has 1 aromatic heterocycles. The number of oxazole rings is 1. The topological polar surface area (TPSA) is 26.0 Å². The molecule has 0 radical (unpaired) electrons. The lowest BCUT2D eigenvalue weighted by molar-refractivity contribution is 0.556. The van der Waals surface area contributed by atoms with Gasteiger partial charge in [0.25, 0.3) is 0 Å². The van der Waals surface area contributed by atoms with Crippen LogP contribution >= 0.6 is 0 Å². The van der Waals surface area contributed by atoms with Crippen LogP contribution in [0.2, 0.25) is 0 Å². The van der Waals surface area contributed by atoms with Gasteiger partial charge in [-0.05, 0) is 49.3 Å². The Bertz CT molecular complexity index is 1210. The zero-order valence-corrected chi connectivity index (χ0v) is 18.5. The highest BCUT2D eigenvalue weighted by Crippen LogP contribution is 2.41. The third-order valence-electron chi connectivity index (χ3n) is 6.11. The summed E-state index contributed by atoms with van der Waals surface area (Å²) in [6.45, 7) is 6.32. The molecule has 2 aromatic carbocycles. The molecule has 3 aromatic rings. The summed E-state index contributed by atoms with van der Waals surface area (Å²) in [6, 6.07) is 20.6. The molecule has 32 heavy (non-hydrogen) atoms. The van der Waals surface area contributed by atoms with E-state index in [1.54, 1.807) is 0 Å². The molecule has 0 unspecified atom stereocenters. The Morgan fingerprint density at radius 1 is 0.812 bits per heavy atom. The summed E-state index contributed by atoms with van der Waals surface area (Å²) in [5, 5.41) is 0. The first-order chi connectivity index (χ1) is 15.7. The molecule has 2 aliphatic carbocycles. The number of allylic oxidation sites excluding steroid dienone is 9. The van der Waals surface area contributed by atoms with Crippen LogP contribution in [0.4, 0.5) is 0 Å². The smallest absolute Gasteiger partial charge is 0.227 e. The fourth-order valence-electron chi connectivity index (χ4n) is 4.57. The summed E-state index contributed by atoms with van der Waals surface area (Å²) in [7, 11) is 0. The predicted octanol–water partition coefficient (Wildman–Crippen LogP) is 8.33. The van der Waals surface area contributed by atoms with Crippen LogP contribution in [0.3, 0.4) is 0 Å². The average Bonchev–Trinajstić information content (AvgIpc) is 3.30. The summed E-state index contributed by atoms with van der Waals surface area (Å²) in [5.41, 5.74) is 9.18. The zero-order valence-electron chi connectivity index (χ0n) is 18.5. The van der Waals surface area contributed by atoms with Crippen molar-refractivity contribution in [2.24, 2.45) is 0 Å². The first kappa shape index (κ1) is 20.3. The Morgan fingerprint density at radius 3 is 2.12 bits per heavy atom. The van der Waals surface area contributed by atoms with E-state index in [1.165, 1.54) is 16.7 Å². The summed E-state index contributed by atoms with van der Waals surface area (Å²) in [5.74, 6) is 1.51. The number of hydrogen-bond acceptors (Lipinski definition) is 2. The second-order valence-electron chi connectivity index (χ2n) is 8.38. The fourth-order valence-corrected chi connectivity index (χ4v) is 4.57. The molecule has 0 amide bonds. The second-order valence-corrected chi connectivity index (χ2v) is 8.38. The molecule has 0 saturated carbocycles. The highest BCUT2D eigenvalue weighted by atomic mass is 16.4. The standard InChI is InChI=1S/C30H27NO/c1-21(2)24-17-9-10-18-25(24)26-19-11-12-20-27(26)30-31-28(22-13-5-3-6-14-22)29(32-30)23-15-7-4-8-16-23/h3-9,12-17,20H,1,10-11,18-19H2,2H3. The summed E-state index contributed by atoms with van der Waals surface area (Å²) < 4.78 is 6.53. The molecule has 0 aliphatic heterocycles. The van der Waals surface area contributed by atoms with Gasteiger partial charge >= 0.3 is 0 Å². The van der Waals surface area contributed by atoms with Crippen molar-refractivity contribution in [2.75, 3.05) is 0 Å². The number of hydrogen-bond donors (Lipinski definition) is 0. The maximum atomic E-state index is 6.53. The zero-order chi connectivity index (χ0) is 21.9. The number of rotatable bonds is 5. The lowest BCUT2D eigenvalue weighted by atomic mass is 9.82. The molecule has 0 N–H and O–H groups in total. The van der Waals surface area contributed by atoms with Crippen molar-refractivity contribution in [2.45, 2.75) is 32.6 Å². The van der Waals surface area contributed by atoms with Gasteiger partial charge in [-0.15, -0.1) is 0 Å². The van der Waals surface area contributed by atoms with Crippen LogP contribution in [0.15, 0.2) is 118 Å². The van der Waals surface area contributed by atoms with Gasteiger partial charge in [0.1, 0.15) is 5.69 Å². The van der Waals surface area contributed by atoms with Crippen LogP contribution in [-0.4, -0.2) is 4.98 Å². The fraction of sp³-hybridized carbons (Fsp3) is 0.167. The number of aromatic nitrogens is 1. The molecule has 0 spiro atoms. The van der Waals surface area contributed by atoms with Crippen molar-refractivity contribution < 1.29 is 4.42 Å². The van der Waals surface area contributed by atoms with Crippen molar-refractivity contribution in [3.05, 3.63) is 120 Å². The monoisotopic (exact) mass is 417 g/mol. The van der Waals surface area contributed by atoms with E-state index < -0.39 is 0 Å². The van der Waals surface area contributed by atoms with Gasteiger partial charge in [0, 0.05) is 16.7 Å². The van der Waals surface area contributed by atoms with E-state index in [-0.39, 0.29) is 0 Å². The van der Waals surface area contributed by atoms with Crippen molar-refractivity contribution >= 4 is 5.57 Å². The maximum Gasteiger partial charge on any atom is 0.227 e. The maximum absolute atomic E-state index is 6.53. The van der Waals surface area contributed by atoms with Gasteiger partial charge < -0.3 is 4.42 Å². The van der Waals surface area contributed by atoms with Crippen LogP contribution in [-0.2, 0) is 0 Å². The molecular formula is C30H27NO. The molecular weight excluding hydrogens is 390 g/mol. The van der Waals surface area contributed by atoms with Gasteiger partial charge in [0.05, 0.1) is 0 Å². The first-order valence-corrected chi connectivity index (χ1v) is 11.3. The van der Waals surface area contributed by atoms with Crippen molar-refractivity contribution in [1.82, 2.24) is 4.98 Å². The third kappa shape index (κ3) is 3.85. The van der Waals surface area contributed by atoms with Crippen LogP contribution in [0, 0.1) is 0 Å². The van der Waals surface area contributed by atoms with Gasteiger partial charge in [-0.1, -0.05) is 97.1 Å². The lowest BCUT2D eigenvalue weighted by Gasteiger charge is -2.22. The van der Waals surface area contributed by atoms with Crippen molar-refractivity contribution in [1.29, 1.82) is 0 Å². The van der Waals surface area contributed by atoms with Gasteiger partial charge in [-0.2, -0.15) is 0 Å². The second kappa shape index (κ2) is 8.84. The lowest BCUT2D eigenvalue weighted by Crippen LogP contribution is -2.04. The van der Waals surface area contributed by atoms with Crippen LogP contribution in [0.1, 0.15) is 38.5 Å². The van der Waals surface area contributed by atoms with Crippen LogP contribution in [0.25, 0.3) is 28.2 Å². The van der Waals surface area contributed by atoms with E-state index in [2.05, 4.69) is 62.1 Å². The van der Waals surface area contributed by atoms with E-state index in [4.69, 9.17) is 9.40 Å². The predicted molar refractivity (Wildman–Crippen MR) is 133 cm³/mol. The Morgan fingerprint density at radius 2 is 1.44 bits per heavy atom. The molecule has 0 atom stereocenters. The third-order valence-corrected chi connectivity index (χ3v) is 6.11. The van der Waals surface area contributed by atoms with Crippen molar-refractivity contribution in [3.63, 3.8) is 0 Å². The average molecular weight is 418 g/mol. The Balaban J connectivity index is 1.72. The normalized spacial score (nSPS) is 16.0. The van der Waals surface area contributed by atoms with Gasteiger partial charge in [-0.3, -0.25) is 0 Å². The first-order valence-electron chi connectivity index (χ1n) is 11.3. The molecule has 0 saturated heterocycles.